The number of aromatic hydroxyl groups is 1. The predicted molar refractivity (Wildman–Crippen MR) is 130 cm³/mol. The van der Waals surface area contributed by atoms with Crippen LogP contribution in [0.5, 0.6) is 5.75 Å². The molecule has 0 saturated heterocycles. The quantitative estimate of drug-likeness (QED) is 0.181. The first-order valence-electron chi connectivity index (χ1n) is 9.66. The Labute approximate surface area is 196 Å². The molecule has 0 saturated carbocycles. The number of carbonyl (C=O) groups excluding carboxylic acids is 1. The number of aliphatic imine (C=N–C) groups is 1. The first kappa shape index (κ1) is 21.4. The van der Waals surface area contributed by atoms with E-state index in [4.69, 9.17) is 0 Å². The van der Waals surface area contributed by atoms with E-state index in [1.54, 1.807) is 6.07 Å². The van der Waals surface area contributed by atoms with Crippen LogP contribution in [0.3, 0.4) is 0 Å². The zero-order valence-corrected chi connectivity index (χ0v) is 19.3. The molecule has 0 spiro atoms. The maximum Gasteiger partial charge on any atom is 0.312 e. The smallest absolute Gasteiger partial charge is 0.312 e. The summed E-state index contributed by atoms with van der Waals surface area (Å²) in [6.45, 7) is 0. The molecule has 0 unspecified atom stereocenters. The van der Waals surface area contributed by atoms with Gasteiger partial charge in [-0.3, -0.25) is 14.9 Å². The summed E-state index contributed by atoms with van der Waals surface area (Å²) in [5.74, 6) is -0.568. The maximum atomic E-state index is 13.1. The standard InChI is InChI=1S/C22H18IN3O4S/c23-16-10-13(11-17(20(16)27)26(29)30)12-24-22-19(15-8-4-5-9-18(15)31-22)21(28)25-14-6-2-1-3-7-14/h1-3,6-7,10-12,27H,4-5,8-9H2,(H,25,28). The second kappa shape index (κ2) is 9.15. The number of hydrogen-bond donors (Lipinski definition) is 2. The number of halogens is 1. The molecule has 1 aliphatic carbocycles. The van der Waals surface area contributed by atoms with Crippen LogP contribution in [0.2, 0.25) is 0 Å². The SMILES string of the molecule is O=C(Nc1ccccc1)c1c(N=Cc2cc(I)c(O)c([N+](=O)[O-])c2)sc2c1CCCC2. The Kier molecular flexibility index (Phi) is 6.33. The number of fused-ring (bicyclic) bond motifs is 1. The van der Waals surface area contributed by atoms with Gasteiger partial charge in [-0.05, 0) is 72.0 Å². The Hall–Kier alpha value is -2.79. The topological polar surface area (TPSA) is 105 Å². The maximum absolute atomic E-state index is 13.1. The summed E-state index contributed by atoms with van der Waals surface area (Å²) in [5, 5.41) is 24.6. The lowest BCUT2D eigenvalue weighted by atomic mass is 9.95. The van der Waals surface area contributed by atoms with Gasteiger partial charge < -0.3 is 10.4 Å². The molecule has 0 fully saturated rings. The molecule has 2 N–H and O–H groups in total. The zero-order chi connectivity index (χ0) is 22.0. The highest BCUT2D eigenvalue weighted by Crippen LogP contribution is 2.40. The number of carbonyl (C=O) groups is 1. The van der Waals surface area contributed by atoms with E-state index in [-0.39, 0.29) is 17.3 Å². The number of para-hydroxylation sites is 1. The molecule has 0 atom stereocenters. The third-order valence-corrected chi connectivity index (χ3v) is 7.03. The highest BCUT2D eigenvalue weighted by Gasteiger charge is 2.25. The first-order valence-corrected chi connectivity index (χ1v) is 11.6. The predicted octanol–water partition coefficient (Wildman–Crippen LogP) is 5.85. The Morgan fingerprint density at radius 3 is 2.71 bits per heavy atom. The number of amides is 1. The number of phenols is 1. The first-order chi connectivity index (χ1) is 14.9. The Morgan fingerprint density at radius 2 is 1.97 bits per heavy atom. The highest BCUT2D eigenvalue weighted by atomic mass is 127. The van der Waals surface area contributed by atoms with Crippen molar-refractivity contribution in [2.45, 2.75) is 25.7 Å². The van der Waals surface area contributed by atoms with Crippen LogP contribution in [0, 0.1) is 13.7 Å². The van der Waals surface area contributed by atoms with Gasteiger partial charge in [0.05, 0.1) is 14.1 Å². The number of hydrogen-bond acceptors (Lipinski definition) is 6. The Bertz CT molecular complexity index is 1190. The second-order valence-electron chi connectivity index (χ2n) is 7.10. The summed E-state index contributed by atoms with van der Waals surface area (Å²) >= 11 is 3.34. The van der Waals surface area contributed by atoms with Crippen molar-refractivity contribution in [1.29, 1.82) is 0 Å². The average Bonchev–Trinajstić information content (AvgIpc) is 3.13. The molecule has 9 heteroatoms. The fourth-order valence-electron chi connectivity index (χ4n) is 3.54. The molecule has 158 valence electrons. The number of phenolic OH excluding ortho intramolecular Hbond substituents is 1. The van der Waals surface area contributed by atoms with Crippen molar-refractivity contribution in [3.8, 4) is 5.75 Å². The minimum Gasteiger partial charge on any atom is -0.501 e. The molecule has 3 aromatic rings. The van der Waals surface area contributed by atoms with Crippen LogP contribution in [0.15, 0.2) is 47.5 Å². The Morgan fingerprint density at radius 1 is 1.23 bits per heavy atom. The Balaban J connectivity index is 1.71. The number of nitro groups is 1. The normalized spacial score (nSPS) is 13.2. The molecule has 0 radical (unpaired) electrons. The summed E-state index contributed by atoms with van der Waals surface area (Å²) in [4.78, 5) is 29.4. The average molecular weight is 547 g/mol. The van der Waals surface area contributed by atoms with Gasteiger partial charge >= 0.3 is 5.69 Å². The van der Waals surface area contributed by atoms with Crippen LogP contribution < -0.4 is 5.32 Å². The van der Waals surface area contributed by atoms with Crippen LogP contribution in [0.4, 0.5) is 16.4 Å². The number of anilines is 1. The van der Waals surface area contributed by atoms with Gasteiger partial charge in [0.25, 0.3) is 5.91 Å². The zero-order valence-electron chi connectivity index (χ0n) is 16.3. The minimum absolute atomic E-state index is 0.205. The van der Waals surface area contributed by atoms with E-state index in [2.05, 4.69) is 10.3 Å². The molecule has 1 aromatic heterocycles. The third-order valence-electron chi connectivity index (χ3n) is 5.00. The molecule has 0 bridgehead atoms. The van der Waals surface area contributed by atoms with Crippen molar-refractivity contribution in [2.75, 3.05) is 5.32 Å². The number of nitro benzene ring substituents is 1. The van der Waals surface area contributed by atoms with E-state index in [0.717, 1.165) is 31.2 Å². The van der Waals surface area contributed by atoms with E-state index >= 15 is 0 Å². The number of aryl methyl sites for hydroxylation is 1. The van der Waals surface area contributed by atoms with E-state index in [1.807, 2.05) is 52.9 Å². The van der Waals surface area contributed by atoms with Gasteiger partial charge in [-0.1, -0.05) is 18.2 Å². The van der Waals surface area contributed by atoms with Crippen molar-refractivity contribution >= 4 is 62.4 Å². The molecule has 7 nitrogen and oxygen atoms in total. The van der Waals surface area contributed by atoms with Gasteiger partial charge in [0, 0.05) is 28.4 Å². The van der Waals surface area contributed by atoms with Crippen molar-refractivity contribution < 1.29 is 14.8 Å². The van der Waals surface area contributed by atoms with Gasteiger partial charge in [-0.25, -0.2) is 4.99 Å². The fraction of sp³-hybridized carbons (Fsp3) is 0.182. The lowest BCUT2D eigenvalue weighted by Gasteiger charge is -2.12. The van der Waals surface area contributed by atoms with Crippen LogP contribution in [-0.4, -0.2) is 22.2 Å². The van der Waals surface area contributed by atoms with E-state index in [1.165, 1.54) is 28.5 Å². The molecule has 0 aliphatic heterocycles. The van der Waals surface area contributed by atoms with Crippen molar-refractivity contribution in [3.63, 3.8) is 0 Å². The van der Waals surface area contributed by atoms with E-state index in [0.29, 0.717) is 25.4 Å². The largest absolute Gasteiger partial charge is 0.501 e. The van der Waals surface area contributed by atoms with Gasteiger partial charge in [0.2, 0.25) is 5.75 Å². The molecule has 1 aliphatic rings. The summed E-state index contributed by atoms with van der Waals surface area (Å²) in [7, 11) is 0. The number of rotatable bonds is 5. The lowest BCUT2D eigenvalue weighted by molar-refractivity contribution is -0.386. The van der Waals surface area contributed by atoms with Crippen molar-refractivity contribution in [3.05, 3.63) is 77.7 Å². The highest BCUT2D eigenvalue weighted by molar-refractivity contribution is 14.1. The molecular weight excluding hydrogens is 529 g/mol. The number of thiophene rings is 1. The molecule has 1 heterocycles. The van der Waals surface area contributed by atoms with E-state index < -0.39 is 4.92 Å². The molecule has 2 aromatic carbocycles. The minimum atomic E-state index is -0.628. The third kappa shape index (κ3) is 4.62. The van der Waals surface area contributed by atoms with Gasteiger partial charge in [0.1, 0.15) is 5.00 Å². The monoisotopic (exact) mass is 547 g/mol. The fourth-order valence-corrected chi connectivity index (χ4v) is 5.41. The lowest BCUT2D eigenvalue weighted by Crippen LogP contribution is -2.14. The number of benzene rings is 2. The summed E-state index contributed by atoms with van der Waals surface area (Å²) in [6.07, 6.45) is 5.37. The van der Waals surface area contributed by atoms with Crippen molar-refractivity contribution in [1.82, 2.24) is 0 Å². The molecule has 4 rings (SSSR count). The van der Waals surface area contributed by atoms with Gasteiger partial charge in [-0.2, -0.15) is 0 Å². The van der Waals surface area contributed by atoms with Crippen LogP contribution in [0.1, 0.15) is 39.2 Å². The second-order valence-corrected chi connectivity index (χ2v) is 9.34. The van der Waals surface area contributed by atoms with Crippen LogP contribution >= 0.6 is 33.9 Å². The van der Waals surface area contributed by atoms with Crippen LogP contribution in [0.25, 0.3) is 0 Å². The van der Waals surface area contributed by atoms with E-state index in [9.17, 15) is 20.0 Å². The number of nitrogens with one attached hydrogen (secondary N) is 1. The molecule has 31 heavy (non-hydrogen) atoms. The summed E-state index contributed by atoms with van der Waals surface area (Å²) in [5.41, 5.74) is 2.43. The molecular formula is C22H18IN3O4S. The van der Waals surface area contributed by atoms with Gasteiger partial charge in [-0.15, -0.1) is 11.3 Å². The summed E-state index contributed by atoms with van der Waals surface area (Å²) in [6, 6.07) is 12.2. The van der Waals surface area contributed by atoms with Crippen LogP contribution in [-0.2, 0) is 12.8 Å². The molecule has 1 amide bonds. The summed E-state index contributed by atoms with van der Waals surface area (Å²) < 4.78 is 0.362. The number of nitrogens with zero attached hydrogens (tertiary/aromatic N) is 2. The van der Waals surface area contributed by atoms with Crippen molar-refractivity contribution in [2.24, 2.45) is 4.99 Å². The van der Waals surface area contributed by atoms with Gasteiger partial charge in [0.15, 0.2) is 0 Å².